The molecule has 0 aliphatic rings. The minimum atomic E-state index is 0.338. The van der Waals surface area contributed by atoms with E-state index in [0.29, 0.717) is 12.5 Å². The molecule has 0 saturated heterocycles. The zero-order valence-corrected chi connectivity index (χ0v) is 11.5. The molecule has 0 bridgehead atoms. The molecule has 0 aliphatic heterocycles. The molecule has 0 amide bonds. The fourth-order valence-corrected chi connectivity index (χ4v) is 2.45. The highest BCUT2D eigenvalue weighted by molar-refractivity contribution is 7.99. The van der Waals surface area contributed by atoms with Crippen LogP contribution in [-0.4, -0.2) is 27.1 Å². The Morgan fingerprint density at radius 3 is 2.56 bits per heavy atom. The lowest BCUT2D eigenvalue weighted by Gasteiger charge is -2.11. The second-order valence-corrected chi connectivity index (χ2v) is 5.37. The Bertz CT molecular complexity index is 493. The summed E-state index contributed by atoms with van der Waals surface area (Å²) in [6, 6.07) is 10.2. The van der Waals surface area contributed by atoms with E-state index in [1.165, 1.54) is 0 Å². The van der Waals surface area contributed by atoms with Crippen LogP contribution >= 0.6 is 11.8 Å². The molecule has 4 nitrogen and oxygen atoms in total. The fraction of sp³-hybridized carbons (Fsp3) is 0.385. The molecule has 0 saturated carbocycles. The maximum Gasteiger partial charge on any atom is 0.195 e. The highest BCUT2D eigenvalue weighted by Gasteiger charge is 2.16. The van der Waals surface area contributed by atoms with E-state index in [0.717, 1.165) is 22.4 Å². The largest absolute Gasteiger partial charge is 0.330 e. The van der Waals surface area contributed by atoms with Crippen molar-refractivity contribution in [2.24, 2.45) is 5.73 Å². The average Bonchev–Trinajstić information content (AvgIpc) is 2.81. The van der Waals surface area contributed by atoms with Gasteiger partial charge in [-0.15, -0.1) is 10.2 Å². The number of thioether (sulfide) groups is 1. The molecular weight excluding hydrogens is 244 g/mol. The Morgan fingerprint density at radius 2 is 1.94 bits per heavy atom. The van der Waals surface area contributed by atoms with Crippen LogP contribution in [0.3, 0.4) is 0 Å². The lowest BCUT2D eigenvalue weighted by molar-refractivity contribution is 0.732. The van der Waals surface area contributed by atoms with Crippen LogP contribution in [0.4, 0.5) is 0 Å². The summed E-state index contributed by atoms with van der Waals surface area (Å²) in [6.07, 6.45) is 0. The van der Waals surface area contributed by atoms with Gasteiger partial charge in [-0.25, -0.2) is 0 Å². The van der Waals surface area contributed by atoms with Crippen molar-refractivity contribution in [1.29, 1.82) is 0 Å². The van der Waals surface area contributed by atoms with Crippen molar-refractivity contribution in [3.63, 3.8) is 0 Å². The molecule has 2 N–H and O–H groups in total. The molecule has 18 heavy (non-hydrogen) atoms. The molecular formula is C13H18N4S. The van der Waals surface area contributed by atoms with Gasteiger partial charge in [-0.2, -0.15) is 0 Å². The van der Waals surface area contributed by atoms with E-state index in [1.807, 2.05) is 18.2 Å². The van der Waals surface area contributed by atoms with Gasteiger partial charge in [0.05, 0.1) is 0 Å². The van der Waals surface area contributed by atoms with Gasteiger partial charge in [0, 0.05) is 23.9 Å². The van der Waals surface area contributed by atoms with E-state index in [9.17, 15) is 0 Å². The van der Waals surface area contributed by atoms with Crippen molar-refractivity contribution in [2.75, 3.05) is 12.3 Å². The molecule has 2 rings (SSSR count). The maximum atomic E-state index is 5.55. The van der Waals surface area contributed by atoms with Crippen LogP contribution in [0, 0.1) is 0 Å². The number of para-hydroxylation sites is 1. The van der Waals surface area contributed by atoms with Crippen molar-refractivity contribution < 1.29 is 0 Å². The predicted molar refractivity (Wildman–Crippen MR) is 75.2 cm³/mol. The normalized spacial score (nSPS) is 11.1. The van der Waals surface area contributed by atoms with Gasteiger partial charge in [-0.3, -0.25) is 4.57 Å². The lowest BCUT2D eigenvalue weighted by atomic mass is 10.2. The summed E-state index contributed by atoms with van der Waals surface area (Å²) in [5, 5.41) is 9.48. The molecule has 1 aromatic heterocycles. The van der Waals surface area contributed by atoms with E-state index in [4.69, 9.17) is 5.73 Å². The molecule has 1 heterocycles. The molecule has 0 atom stereocenters. The molecule has 1 aromatic carbocycles. The van der Waals surface area contributed by atoms with E-state index >= 15 is 0 Å². The van der Waals surface area contributed by atoms with E-state index in [1.54, 1.807) is 11.8 Å². The van der Waals surface area contributed by atoms with Gasteiger partial charge in [0.15, 0.2) is 5.16 Å². The monoisotopic (exact) mass is 262 g/mol. The summed E-state index contributed by atoms with van der Waals surface area (Å²) >= 11 is 1.64. The molecule has 2 aromatic rings. The number of benzene rings is 1. The molecule has 96 valence electrons. The first-order chi connectivity index (χ1) is 8.74. The summed E-state index contributed by atoms with van der Waals surface area (Å²) in [6.45, 7) is 4.89. The third-order valence-corrected chi connectivity index (χ3v) is 3.50. The summed E-state index contributed by atoms with van der Waals surface area (Å²) in [4.78, 5) is 0. The van der Waals surface area contributed by atoms with Crippen LogP contribution in [0.1, 0.15) is 25.6 Å². The van der Waals surface area contributed by atoms with Crippen molar-refractivity contribution in [3.8, 4) is 5.69 Å². The quantitative estimate of drug-likeness (QED) is 0.841. The third kappa shape index (κ3) is 2.73. The highest BCUT2D eigenvalue weighted by atomic mass is 32.2. The van der Waals surface area contributed by atoms with Gasteiger partial charge in [0.25, 0.3) is 0 Å². The fourth-order valence-electron chi connectivity index (χ4n) is 1.72. The van der Waals surface area contributed by atoms with Gasteiger partial charge >= 0.3 is 0 Å². The van der Waals surface area contributed by atoms with E-state index in [-0.39, 0.29) is 0 Å². The second-order valence-electron chi connectivity index (χ2n) is 4.30. The first kappa shape index (κ1) is 13.1. The molecule has 5 heteroatoms. The molecule has 0 fully saturated rings. The van der Waals surface area contributed by atoms with Gasteiger partial charge in [0.1, 0.15) is 5.82 Å². The van der Waals surface area contributed by atoms with Crippen LogP contribution in [0.25, 0.3) is 5.69 Å². The minimum Gasteiger partial charge on any atom is -0.330 e. The van der Waals surface area contributed by atoms with Crippen LogP contribution < -0.4 is 5.73 Å². The van der Waals surface area contributed by atoms with Crippen molar-refractivity contribution in [3.05, 3.63) is 36.2 Å². The van der Waals surface area contributed by atoms with Gasteiger partial charge in [-0.05, 0) is 12.1 Å². The Balaban J connectivity index is 2.44. The lowest BCUT2D eigenvalue weighted by Crippen LogP contribution is -2.06. The highest BCUT2D eigenvalue weighted by Crippen LogP contribution is 2.25. The number of nitrogens with zero attached hydrogens (tertiary/aromatic N) is 3. The molecule has 0 unspecified atom stereocenters. The van der Waals surface area contributed by atoms with Crippen LogP contribution in [0.5, 0.6) is 0 Å². The Kier molecular flexibility index (Phi) is 4.38. The smallest absolute Gasteiger partial charge is 0.195 e. The standard InChI is InChI=1S/C13H18N4S/c1-10(2)12-15-16-13(18-9-8-14)17(12)11-6-4-3-5-7-11/h3-7,10H,8-9,14H2,1-2H3. The van der Waals surface area contributed by atoms with Crippen molar-refractivity contribution in [2.45, 2.75) is 24.9 Å². The Labute approximate surface area is 112 Å². The van der Waals surface area contributed by atoms with E-state index in [2.05, 4.69) is 40.7 Å². The zero-order chi connectivity index (χ0) is 13.0. The van der Waals surface area contributed by atoms with Gasteiger partial charge in [0.2, 0.25) is 0 Å². The summed E-state index contributed by atoms with van der Waals surface area (Å²) in [7, 11) is 0. The molecule has 0 aliphatic carbocycles. The number of hydrogen-bond donors (Lipinski definition) is 1. The van der Waals surface area contributed by atoms with Gasteiger partial charge in [-0.1, -0.05) is 43.8 Å². The zero-order valence-electron chi connectivity index (χ0n) is 10.7. The van der Waals surface area contributed by atoms with Crippen molar-refractivity contribution >= 4 is 11.8 Å². The van der Waals surface area contributed by atoms with Crippen LogP contribution in [0.15, 0.2) is 35.5 Å². The number of hydrogen-bond acceptors (Lipinski definition) is 4. The summed E-state index contributed by atoms with van der Waals surface area (Å²) in [5.74, 6) is 2.17. The molecule has 0 radical (unpaired) electrons. The topological polar surface area (TPSA) is 56.7 Å². The third-order valence-electron chi connectivity index (χ3n) is 2.54. The second kappa shape index (κ2) is 6.02. The first-order valence-electron chi connectivity index (χ1n) is 6.07. The Morgan fingerprint density at radius 1 is 1.22 bits per heavy atom. The maximum absolute atomic E-state index is 5.55. The van der Waals surface area contributed by atoms with Crippen LogP contribution in [0.2, 0.25) is 0 Å². The predicted octanol–water partition coefficient (Wildman–Crippen LogP) is 2.44. The summed E-state index contributed by atoms with van der Waals surface area (Å²) < 4.78 is 2.12. The minimum absolute atomic E-state index is 0.338. The number of nitrogens with two attached hydrogens (primary N) is 1. The average molecular weight is 262 g/mol. The SMILES string of the molecule is CC(C)c1nnc(SCCN)n1-c1ccccc1. The number of rotatable bonds is 5. The van der Waals surface area contributed by atoms with Gasteiger partial charge < -0.3 is 5.73 Å². The molecule has 0 spiro atoms. The Hall–Kier alpha value is -1.33. The van der Waals surface area contributed by atoms with Crippen LogP contribution in [-0.2, 0) is 0 Å². The summed E-state index contributed by atoms with van der Waals surface area (Å²) in [5.41, 5.74) is 6.66. The van der Waals surface area contributed by atoms with Crippen molar-refractivity contribution in [1.82, 2.24) is 14.8 Å². The first-order valence-corrected chi connectivity index (χ1v) is 7.06. The number of aromatic nitrogens is 3. The van der Waals surface area contributed by atoms with E-state index < -0.39 is 0 Å².